The highest BCUT2D eigenvalue weighted by Crippen LogP contribution is 2.35. The highest BCUT2D eigenvalue weighted by Gasteiger charge is 2.11. The number of rotatable bonds is 4. The van der Waals surface area contributed by atoms with Crippen molar-refractivity contribution in [3.8, 4) is 5.75 Å². The summed E-state index contributed by atoms with van der Waals surface area (Å²) in [5.41, 5.74) is 1.14. The van der Waals surface area contributed by atoms with E-state index in [1.54, 1.807) is 18.2 Å². The Kier molecular flexibility index (Phi) is 5.17. The van der Waals surface area contributed by atoms with Crippen molar-refractivity contribution < 1.29 is 9.53 Å². The molecule has 0 radical (unpaired) electrons. The Labute approximate surface area is 136 Å². The van der Waals surface area contributed by atoms with Gasteiger partial charge >= 0.3 is 0 Å². The van der Waals surface area contributed by atoms with E-state index in [1.165, 1.54) is 12.1 Å². The average Bonchev–Trinajstić information content (AvgIpc) is 2.39. The van der Waals surface area contributed by atoms with Crippen LogP contribution < -0.4 is 4.74 Å². The molecule has 0 saturated heterocycles. The summed E-state index contributed by atoms with van der Waals surface area (Å²) in [4.78, 5) is 10.7. The van der Waals surface area contributed by atoms with Gasteiger partial charge < -0.3 is 4.74 Å². The molecular formula is C14H8Cl4O2. The predicted octanol–water partition coefficient (Wildman–Crippen LogP) is 5.69. The van der Waals surface area contributed by atoms with Gasteiger partial charge in [-0.3, -0.25) is 4.79 Å². The van der Waals surface area contributed by atoms with E-state index >= 15 is 0 Å². The predicted molar refractivity (Wildman–Crippen MR) is 82.6 cm³/mol. The molecule has 20 heavy (non-hydrogen) atoms. The van der Waals surface area contributed by atoms with Crippen molar-refractivity contribution >= 4 is 52.7 Å². The lowest BCUT2D eigenvalue weighted by atomic mass is 10.2. The number of halogens is 4. The summed E-state index contributed by atoms with van der Waals surface area (Å²) >= 11 is 23.9. The summed E-state index contributed by atoms with van der Waals surface area (Å²) in [6, 6.07) is 8.07. The van der Waals surface area contributed by atoms with Crippen LogP contribution in [-0.2, 0) is 6.61 Å². The summed E-state index contributed by atoms with van der Waals surface area (Å²) in [6.45, 7) is 0.190. The number of ether oxygens (including phenoxy) is 1. The Morgan fingerprint density at radius 2 is 1.60 bits per heavy atom. The standard InChI is InChI=1S/C14H8Cl4O2/c15-10-2-1-9(11(16)5-10)7-20-14-12(17)3-8(6-19)4-13(14)18/h1-6H,7H2. The number of aldehydes is 1. The van der Waals surface area contributed by atoms with Gasteiger partial charge in [0.05, 0.1) is 10.0 Å². The van der Waals surface area contributed by atoms with Crippen molar-refractivity contribution in [2.24, 2.45) is 0 Å². The molecule has 2 nitrogen and oxygen atoms in total. The largest absolute Gasteiger partial charge is 0.486 e. The van der Waals surface area contributed by atoms with E-state index in [0.717, 1.165) is 5.56 Å². The Morgan fingerprint density at radius 3 is 2.15 bits per heavy atom. The second-order valence-electron chi connectivity index (χ2n) is 3.96. The molecule has 0 spiro atoms. The van der Waals surface area contributed by atoms with Crippen molar-refractivity contribution in [3.05, 3.63) is 61.5 Å². The van der Waals surface area contributed by atoms with Crippen LogP contribution in [0.15, 0.2) is 30.3 Å². The van der Waals surface area contributed by atoms with Crippen LogP contribution in [0.4, 0.5) is 0 Å². The van der Waals surface area contributed by atoms with Crippen molar-refractivity contribution in [3.63, 3.8) is 0 Å². The molecule has 2 aromatic carbocycles. The maximum absolute atomic E-state index is 10.7. The molecule has 0 N–H and O–H groups in total. The van der Waals surface area contributed by atoms with Gasteiger partial charge in [-0.05, 0) is 24.3 Å². The summed E-state index contributed by atoms with van der Waals surface area (Å²) in [7, 11) is 0. The molecule has 0 atom stereocenters. The summed E-state index contributed by atoms with van der Waals surface area (Å²) < 4.78 is 5.57. The first-order valence-electron chi connectivity index (χ1n) is 5.52. The fourth-order valence-electron chi connectivity index (χ4n) is 1.57. The van der Waals surface area contributed by atoms with E-state index in [4.69, 9.17) is 51.1 Å². The molecule has 0 amide bonds. The fourth-order valence-corrected chi connectivity index (χ4v) is 2.65. The Bertz CT molecular complexity index is 633. The Balaban J connectivity index is 2.21. The van der Waals surface area contributed by atoms with Gasteiger partial charge in [-0.15, -0.1) is 0 Å². The Hall–Kier alpha value is -0.930. The molecule has 0 fully saturated rings. The minimum atomic E-state index is 0.190. The topological polar surface area (TPSA) is 26.3 Å². The number of benzene rings is 2. The monoisotopic (exact) mass is 348 g/mol. The molecule has 0 aliphatic rings. The van der Waals surface area contributed by atoms with E-state index < -0.39 is 0 Å². The molecule has 2 rings (SSSR count). The molecule has 0 unspecified atom stereocenters. The van der Waals surface area contributed by atoms with Crippen LogP contribution in [0.1, 0.15) is 15.9 Å². The van der Waals surface area contributed by atoms with Crippen LogP contribution in [0.3, 0.4) is 0 Å². The summed E-state index contributed by atoms with van der Waals surface area (Å²) in [5, 5.41) is 1.58. The van der Waals surface area contributed by atoms with Crippen LogP contribution in [0.5, 0.6) is 5.75 Å². The lowest BCUT2D eigenvalue weighted by molar-refractivity contribution is 0.112. The number of hydrogen-bond donors (Lipinski definition) is 0. The fraction of sp³-hybridized carbons (Fsp3) is 0.0714. The minimum absolute atomic E-state index is 0.190. The van der Waals surface area contributed by atoms with Crippen molar-refractivity contribution in [2.45, 2.75) is 6.61 Å². The van der Waals surface area contributed by atoms with Crippen LogP contribution in [0.25, 0.3) is 0 Å². The van der Waals surface area contributed by atoms with Gasteiger partial charge in [0.25, 0.3) is 0 Å². The van der Waals surface area contributed by atoms with E-state index in [-0.39, 0.29) is 16.7 Å². The molecular weight excluding hydrogens is 342 g/mol. The van der Waals surface area contributed by atoms with Gasteiger partial charge in [0.2, 0.25) is 0 Å². The average molecular weight is 350 g/mol. The molecule has 104 valence electrons. The molecule has 6 heteroatoms. The molecule has 0 saturated carbocycles. The van der Waals surface area contributed by atoms with E-state index in [1.807, 2.05) is 0 Å². The SMILES string of the molecule is O=Cc1cc(Cl)c(OCc2ccc(Cl)cc2Cl)c(Cl)c1. The van der Waals surface area contributed by atoms with Gasteiger partial charge in [0.1, 0.15) is 12.9 Å². The van der Waals surface area contributed by atoms with Gasteiger partial charge in [-0.1, -0.05) is 52.5 Å². The molecule has 0 heterocycles. The van der Waals surface area contributed by atoms with Gasteiger partial charge in [-0.25, -0.2) is 0 Å². The zero-order chi connectivity index (χ0) is 14.7. The smallest absolute Gasteiger partial charge is 0.157 e. The maximum Gasteiger partial charge on any atom is 0.157 e. The lowest BCUT2D eigenvalue weighted by Crippen LogP contribution is -1.98. The van der Waals surface area contributed by atoms with Gasteiger partial charge in [0.15, 0.2) is 5.75 Å². The minimum Gasteiger partial charge on any atom is -0.486 e. The first-order chi connectivity index (χ1) is 9.51. The summed E-state index contributed by atoms with van der Waals surface area (Å²) in [5.74, 6) is 0.310. The van der Waals surface area contributed by atoms with Gasteiger partial charge in [-0.2, -0.15) is 0 Å². The van der Waals surface area contributed by atoms with Crippen LogP contribution >= 0.6 is 46.4 Å². The first-order valence-corrected chi connectivity index (χ1v) is 7.03. The first kappa shape index (κ1) is 15.5. The highest BCUT2D eigenvalue weighted by atomic mass is 35.5. The quantitative estimate of drug-likeness (QED) is 0.662. The third-order valence-corrected chi connectivity index (χ3v) is 3.69. The van der Waals surface area contributed by atoms with E-state index in [0.29, 0.717) is 27.6 Å². The molecule has 2 aromatic rings. The van der Waals surface area contributed by atoms with E-state index in [2.05, 4.69) is 0 Å². The summed E-state index contributed by atoms with van der Waals surface area (Å²) in [6.07, 6.45) is 0.664. The second kappa shape index (κ2) is 6.68. The number of carbonyl (C=O) groups excluding carboxylic acids is 1. The molecule has 0 aliphatic heterocycles. The number of hydrogen-bond acceptors (Lipinski definition) is 2. The van der Waals surface area contributed by atoms with Gasteiger partial charge in [0, 0.05) is 21.2 Å². The maximum atomic E-state index is 10.7. The van der Waals surface area contributed by atoms with Crippen molar-refractivity contribution in [2.75, 3.05) is 0 Å². The normalized spacial score (nSPS) is 10.4. The van der Waals surface area contributed by atoms with Crippen LogP contribution in [0.2, 0.25) is 20.1 Å². The van der Waals surface area contributed by atoms with Crippen LogP contribution in [0, 0.1) is 0 Å². The second-order valence-corrected chi connectivity index (χ2v) is 5.61. The van der Waals surface area contributed by atoms with Crippen LogP contribution in [-0.4, -0.2) is 6.29 Å². The van der Waals surface area contributed by atoms with Crippen molar-refractivity contribution in [1.29, 1.82) is 0 Å². The third-order valence-electron chi connectivity index (χ3n) is 2.54. The number of carbonyl (C=O) groups is 1. The van der Waals surface area contributed by atoms with Crippen molar-refractivity contribution in [1.82, 2.24) is 0 Å². The van der Waals surface area contributed by atoms with E-state index in [9.17, 15) is 4.79 Å². The lowest BCUT2D eigenvalue weighted by Gasteiger charge is -2.11. The Morgan fingerprint density at radius 1 is 0.950 bits per heavy atom. The zero-order valence-corrected chi connectivity index (χ0v) is 13.0. The molecule has 0 aliphatic carbocycles. The zero-order valence-electron chi connectivity index (χ0n) is 10.00. The molecule has 0 bridgehead atoms. The third kappa shape index (κ3) is 3.58. The highest BCUT2D eigenvalue weighted by molar-refractivity contribution is 6.37. The molecule has 0 aromatic heterocycles.